The maximum Gasteiger partial charge on any atom is 0.265 e. The van der Waals surface area contributed by atoms with Gasteiger partial charge in [0.15, 0.2) is 11.5 Å². The van der Waals surface area contributed by atoms with Gasteiger partial charge >= 0.3 is 0 Å². The van der Waals surface area contributed by atoms with Crippen molar-refractivity contribution in [3.63, 3.8) is 0 Å². The molecular weight excluding hydrogens is 388 g/mol. The Kier molecular flexibility index (Phi) is 6.23. The predicted octanol–water partition coefficient (Wildman–Crippen LogP) is 4.26. The Morgan fingerprint density at radius 3 is 2.26 bits per heavy atom. The van der Waals surface area contributed by atoms with E-state index in [0.717, 1.165) is 23.2 Å². The number of benzene rings is 3. The van der Waals surface area contributed by atoms with Crippen molar-refractivity contribution in [3.8, 4) is 22.6 Å². The maximum atomic E-state index is 12.9. The molecule has 0 aliphatic carbocycles. The molecule has 1 aliphatic rings. The van der Waals surface area contributed by atoms with Crippen molar-refractivity contribution >= 4 is 5.91 Å². The molecule has 3 aromatic rings. The van der Waals surface area contributed by atoms with Gasteiger partial charge in [0, 0.05) is 13.1 Å². The van der Waals surface area contributed by atoms with E-state index in [9.17, 15) is 4.79 Å². The summed E-state index contributed by atoms with van der Waals surface area (Å²) in [6, 6.07) is 24.1. The maximum absolute atomic E-state index is 12.9. The summed E-state index contributed by atoms with van der Waals surface area (Å²) in [7, 11) is 4.12. The van der Waals surface area contributed by atoms with Gasteiger partial charge in [-0.1, -0.05) is 60.7 Å². The van der Waals surface area contributed by atoms with Crippen LogP contribution in [0, 0.1) is 0 Å². The van der Waals surface area contributed by atoms with Crippen LogP contribution in [0.2, 0.25) is 0 Å². The number of nitrogens with one attached hydrogen (secondary N) is 1. The summed E-state index contributed by atoms with van der Waals surface area (Å²) in [4.78, 5) is 15.0. The second kappa shape index (κ2) is 9.23. The number of carbonyl (C=O) groups is 1. The van der Waals surface area contributed by atoms with E-state index in [-0.39, 0.29) is 12.0 Å². The van der Waals surface area contributed by atoms with E-state index in [1.165, 1.54) is 5.56 Å². The third-order valence-electron chi connectivity index (χ3n) is 5.33. The molecule has 3 aromatic carbocycles. The molecule has 1 N–H and O–H groups in total. The fraction of sp³-hybridized carbons (Fsp3) is 0.269. The van der Waals surface area contributed by atoms with Crippen LogP contribution < -0.4 is 14.8 Å². The first-order chi connectivity index (χ1) is 15.0. The highest BCUT2D eigenvalue weighted by molar-refractivity contribution is 5.82. The van der Waals surface area contributed by atoms with E-state index in [1.807, 2.05) is 49.4 Å². The molecule has 2 unspecified atom stereocenters. The zero-order chi connectivity index (χ0) is 21.8. The summed E-state index contributed by atoms with van der Waals surface area (Å²) in [6.45, 7) is 3.18. The van der Waals surface area contributed by atoms with Crippen molar-refractivity contribution in [2.24, 2.45) is 0 Å². The molecule has 0 radical (unpaired) electrons. The lowest BCUT2D eigenvalue weighted by molar-refractivity contribution is -0.133. The molecule has 1 aliphatic heterocycles. The number of para-hydroxylation sites is 2. The zero-order valence-corrected chi connectivity index (χ0v) is 18.2. The molecule has 0 fully saturated rings. The lowest BCUT2D eigenvalue weighted by Crippen LogP contribution is -2.48. The minimum Gasteiger partial charge on any atom is -0.482 e. The minimum absolute atomic E-state index is 0.182. The predicted molar refractivity (Wildman–Crippen MR) is 122 cm³/mol. The topological polar surface area (TPSA) is 50.8 Å². The van der Waals surface area contributed by atoms with Crippen molar-refractivity contribution in [2.75, 3.05) is 14.1 Å². The highest BCUT2D eigenvalue weighted by Gasteiger charge is 2.33. The first kappa shape index (κ1) is 20.9. The van der Waals surface area contributed by atoms with Gasteiger partial charge in [0.1, 0.15) is 6.10 Å². The molecule has 1 heterocycles. The molecule has 160 valence electrons. The van der Waals surface area contributed by atoms with Gasteiger partial charge in [0.25, 0.3) is 5.91 Å². The van der Waals surface area contributed by atoms with Crippen molar-refractivity contribution in [1.29, 1.82) is 0 Å². The molecule has 2 atom stereocenters. The molecular formula is C26H28N2O3. The lowest BCUT2D eigenvalue weighted by atomic mass is 9.98. The fourth-order valence-electron chi connectivity index (χ4n) is 3.80. The normalized spacial score (nSPS) is 17.4. The minimum atomic E-state index is -0.688. The summed E-state index contributed by atoms with van der Waals surface area (Å²) in [6.07, 6.45) is -1.05. The van der Waals surface area contributed by atoms with Gasteiger partial charge in [-0.15, -0.1) is 0 Å². The van der Waals surface area contributed by atoms with E-state index in [4.69, 9.17) is 9.47 Å². The van der Waals surface area contributed by atoms with Gasteiger partial charge in [-0.25, -0.2) is 0 Å². The number of nitrogens with zero attached hydrogens (tertiary/aromatic N) is 1. The van der Waals surface area contributed by atoms with Crippen LogP contribution in [0.3, 0.4) is 0 Å². The summed E-state index contributed by atoms with van der Waals surface area (Å²) >= 11 is 0. The van der Waals surface area contributed by atoms with Crippen LogP contribution in [0.5, 0.6) is 11.5 Å². The van der Waals surface area contributed by atoms with Gasteiger partial charge in [0.2, 0.25) is 6.10 Å². The highest BCUT2D eigenvalue weighted by Crippen LogP contribution is 2.33. The molecule has 0 saturated heterocycles. The molecule has 5 nitrogen and oxygen atoms in total. The van der Waals surface area contributed by atoms with E-state index >= 15 is 0 Å². The number of carbonyl (C=O) groups excluding carboxylic acids is 1. The second-order valence-electron chi connectivity index (χ2n) is 8.12. The largest absolute Gasteiger partial charge is 0.482 e. The van der Waals surface area contributed by atoms with Crippen LogP contribution in [0.1, 0.15) is 18.1 Å². The van der Waals surface area contributed by atoms with Gasteiger partial charge in [0.05, 0.1) is 0 Å². The number of hydrogen-bond acceptors (Lipinski definition) is 4. The summed E-state index contributed by atoms with van der Waals surface area (Å²) in [5.41, 5.74) is 4.56. The van der Waals surface area contributed by atoms with Crippen LogP contribution >= 0.6 is 0 Å². The molecule has 0 aromatic heterocycles. The Balaban J connectivity index is 1.45. The molecule has 0 saturated carbocycles. The number of fused-ring (bicyclic) bond motifs is 1. The summed E-state index contributed by atoms with van der Waals surface area (Å²) < 4.78 is 11.8. The summed E-state index contributed by atoms with van der Waals surface area (Å²) in [5, 5.41) is 3.03. The van der Waals surface area contributed by atoms with Gasteiger partial charge < -0.3 is 19.7 Å². The second-order valence-corrected chi connectivity index (χ2v) is 8.12. The number of rotatable bonds is 6. The Labute approximate surface area is 183 Å². The van der Waals surface area contributed by atoms with Crippen LogP contribution in [0.25, 0.3) is 11.1 Å². The van der Waals surface area contributed by atoms with Gasteiger partial charge in [-0.2, -0.15) is 0 Å². The first-order valence-electron chi connectivity index (χ1n) is 10.5. The SMILES string of the molecule is CC1Oc2ccccc2OC1C(=O)NCc1ccccc1-c1ccc(CN(C)C)cc1. The monoisotopic (exact) mass is 416 g/mol. The molecule has 5 heteroatoms. The smallest absolute Gasteiger partial charge is 0.265 e. The van der Waals surface area contributed by atoms with Crippen molar-refractivity contribution < 1.29 is 14.3 Å². The quantitative estimate of drug-likeness (QED) is 0.652. The third kappa shape index (κ3) is 4.89. The molecule has 0 bridgehead atoms. The van der Waals surface area contributed by atoms with Crippen LogP contribution in [-0.4, -0.2) is 37.1 Å². The molecule has 31 heavy (non-hydrogen) atoms. The number of hydrogen-bond donors (Lipinski definition) is 1. The Hall–Kier alpha value is -3.31. The first-order valence-corrected chi connectivity index (χ1v) is 10.5. The van der Waals surface area contributed by atoms with Crippen LogP contribution in [-0.2, 0) is 17.9 Å². The number of amides is 1. The van der Waals surface area contributed by atoms with E-state index < -0.39 is 6.10 Å². The summed E-state index contributed by atoms with van der Waals surface area (Å²) in [5.74, 6) is 1.08. The van der Waals surface area contributed by atoms with Crippen molar-refractivity contribution in [2.45, 2.75) is 32.2 Å². The lowest BCUT2D eigenvalue weighted by Gasteiger charge is -2.31. The highest BCUT2D eigenvalue weighted by atomic mass is 16.6. The Bertz CT molecular complexity index is 1050. The van der Waals surface area contributed by atoms with Crippen molar-refractivity contribution in [1.82, 2.24) is 10.2 Å². The van der Waals surface area contributed by atoms with E-state index in [1.54, 1.807) is 0 Å². The average Bonchev–Trinajstić information content (AvgIpc) is 2.77. The molecule has 1 amide bonds. The molecule has 0 spiro atoms. The van der Waals surface area contributed by atoms with Crippen molar-refractivity contribution in [3.05, 3.63) is 83.9 Å². The molecule has 4 rings (SSSR count). The van der Waals surface area contributed by atoms with E-state index in [0.29, 0.717) is 18.0 Å². The van der Waals surface area contributed by atoms with Gasteiger partial charge in [-0.3, -0.25) is 4.79 Å². The van der Waals surface area contributed by atoms with Crippen LogP contribution in [0.15, 0.2) is 72.8 Å². The van der Waals surface area contributed by atoms with Gasteiger partial charge in [-0.05, 0) is 55.4 Å². The van der Waals surface area contributed by atoms with Crippen LogP contribution in [0.4, 0.5) is 0 Å². The standard InChI is InChI=1S/C26H28N2O3/c1-18-25(31-24-11-7-6-10-23(24)30-18)26(29)27-16-21-8-4-5-9-22(21)20-14-12-19(13-15-20)17-28(2)3/h4-15,18,25H,16-17H2,1-3H3,(H,27,29). The third-order valence-corrected chi connectivity index (χ3v) is 5.33. The van der Waals surface area contributed by atoms with E-state index in [2.05, 4.69) is 54.6 Å². The number of ether oxygens (including phenoxy) is 2. The average molecular weight is 417 g/mol. The fourth-order valence-corrected chi connectivity index (χ4v) is 3.80. The Morgan fingerprint density at radius 1 is 0.903 bits per heavy atom. The Morgan fingerprint density at radius 2 is 1.55 bits per heavy atom. The zero-order valence-electron chi connectivity index (χ0n) is 18.2.